The zero-order valence-corrected chi connectivity index (χ0v) is 12.8. The molecule has 1 aromatic rings. The summed E-state index contributed by atoms with van der Waals surface area (Å²) in [5.74, 6) is 0.160. The smallest absolute Gasteiger partial charge is 0.228 e. The molecule has 0 aliphatic carbocycles. The molecular formula is C14H21N3O2S. The van der Waals surface area contributed by atoms with Crippen molar-refractivity contribution in [2.24, 2.45) is 11.7 Å². The van der Waals surface area contributed by atoms with Crippen LogP contribution in [0.15, 0.2) is 5.38 Å². The molecule has 0 bridgehead atoms. The Morgan fingerprint density at radius 3 is 2.60 bits per heavy atom. The van der Waals surface area contributed by atoms with Crippen LogP contribution in [-0.2, 0) is 16.0 Å². The molecule has 20 heavy (non-hydrogen) atoms. The fourth-order valence-corrected chi connectivity index (χ4v) is 3.18. The number of hydrogen-bond donors (Lipinski definition) is 1. The monoisotopic (exact) mass is 295 g/mol. The average molecular weight is 295 g/mol. The van der Waals surface area contributed by atoms with E-state index in [1.807, 2.05) is 10.3 Å². The molecule has 0 aromatic carbocycles. The molecule has 0 saturated carbocycles. The Hall–Kier alpha value is -1.43. The first-order valence-electron chi connectivity index (χ1n) is 6.98. The average Bonchev–Trinajstić information content (AvgIpc) is 2.87. The van der Waals surface area contributed by atoms with Gasteiger partial charge in [-0.3, -0.25) is 9.59 Å². The van der Waals surface area contributed by atoms with E-state index in [2.05, 4.69) is 18.8 Å². The Bertz CT molecular complexity index is 490. The molecule has 2 amide bonds. The standard InChI is InChI=1S/C14H21N3O2S/c1-9(2)14-16-11(8-20-14)7-12(18)17-5-3-10(4-6-17)13(15)19/h8-10H,3-7H2,1-2H3,(H2,15,19). The van der Waals surface area contributed by atoms with Crippen molar-refractivity contribution in [3.8, 4) is 0 Å². The molecule has 110 valence electrons. The van der Waals surface area contributed by atoms with Gasteiger partial charge in [0.15, 0.2) is 0 Å². The third-order valence-electron chi connectivity index (χ3n) is 3.65. The lowest BCUT2D eigenvalue weighted by Gasteiger charge is -2.30. The van der Waals surface area contributed by atoms with Crippen molar-refractivity contribution >= 4 is 23.2 Å². The van der Waals surface area contributed by atoms with Gasteiger partial charge in [0.25, 0.3) is 0 Å². The van der Waals surface area contributed by atoms with Gasteiger partial charge in [-0.15, -0.1) is 11.3 Å². The second-order valence-corrected chi connectivity index (χ2v) is 6.46. The lowest BCUT2D eigenvalue weighted by Crippen LogP contribution is -2.42. The van der Waals surface area contributed by atoms with E-state index in [9.17, 15) is 9.59 Å². The third-order valence-corrected chi connectivity index (χ3v) is 4.84. The van der Waals surface area contributed by atoms with E-state index in [0.717, 1.165) is 10.7 Å². The van der Waals surface area contributed by atoms with Crippen molar-refractivity contribution < 1.29 is 9.59 Å². The van der Waals surface area contributed by atoms with Crippen LogP contribution in [-0.4, -0.2) is 34.8 Å². The van der Waals surface area contributed by atoms with Crippen molar-refractivity contribution in [2.45, 2.75) is 39.0 Å². The van der Waals surface area contributed by atoms with Crippen LogP contribution in [0.3, 0.4) is 0 Å². The maximum Gasteiger partial charge on any atom is 0.228 e. The number of carbonyl (C=O) groups is 2. The molecule has 1 saturated heterocycles. The minimum absolute atomic E-state index is 0.0779. The number of nitrogens with zero attached hydrogens (tertiary/aromatic N) is 2. The van der Waals surface area contributed by atoms with Crippen LogP contribution in [0.2, 0.25) is 0 Å². The summed E-state index contributed by atoms with van der Waals surface area (Å²) in [7, 11) is 0. The van der Waals surface area contributed by atoms with Gasteiger partial charge in [-0.05, 0) is 12.8 Å². The molecule has 2 heterocycles. The summed E-state index contributed by atoms with van der Waals surface area (Å²) in [6, 6.07) is 0. The summed E-state index contributed by atoms with van der Waals surface area (Å²) in [5.41, 5.74) is 6.14. The number of piperidine rings is 1. The summed E-state index contributed by atoms with van der Waals surface area (Å²) in [6.07, 6.45) is 1.70. The minimum Gasteiger partial charge on any atom is -0.369 e. The maximum atomic E-state index is 12.2. The normalized spacial score (nSPS) is 16.6. The van der Waals surface area contributed by atoms with Gasteiger partial charge in [-0.2, -0.15) is 0 Å². The molecule has 0 atom stereocenters. The van der Waals surface area contributed by atoms with E-state index in [0.29, 0.717) is 38.3 Å². The highest BCUT2D eigenvalue weighted by molar-refractivity contribution is 7.09. The van der Waals surface area contributed by atoms with E-state index in [-0.39, 0.29) is 17.7 Å². The van der Waals surface area contributed by atoms with Crippen molar-refractivity contribution in [3.63, 3.8) is 0 Å². The van der Waals surface area contributed by atoms with E-state index in [1.165, 1.54) is 0 Å². The Labute approximate surface area is 123 Å². The van der Waals surface area contributed by atoms with Gasteiger partial charge in [0.05, 0.1) is 17.1 Å². The molecule has 1 aromatic heterocycles. The van der Waals surface area contributed by atoms with Gasteiger partial charge in [0.2, 0.25) is 11.8 Å². The Morgan fingerprint density at radius 2 is 2.10 bits per heavy atom. The number of thiazole rings is 1. The molecule has 0 radical (unpaired) electrons. The van der Waals surface area contributed by atoms with Crippen LogP contribution in [0.1, 0.15) is 43.3 Å². The Kier molecular flexibility index (Phi) is 4.75. The number of rotatable bonds is 4. The van der Waals surface area contributed by atoms with Crippen molar-refractivity contribution in [2.75, 3.05) is 13.1 Å². The number of primary amides is 1. The predicted octanol–water partition coefficient (Wildman–Crippen LogP) is 1.53. The van der Waals surface area contributed by atoms with Crippen LogP contribution < -0.4 is 5.73 Å². The molecule has 1 fully saturated rings. The second-order valence-electron chi connectivity index (χ2n) is 5.57. The second kappa shape index (κ2) is 6.35. The van der Waals surface area contributed by atoms with Crippen LogP contribution in [0.5, 0.6) is 0 Å². The molecule has 6 heteroatoms. The minimum atomic E-state index is -0.252. The quantitative estimate of drug-likeness (QED) is 0.915. The molecule has 0 spiro atoms. The zero-order valence-electron chi connectivity index (χ0n) is 12.0. The van der Waals surface area contributed by atoms with Gasteiger partial charge >= 0.3 is 0 Å². The van der Waals surface area contributed by atoms with Crippen LogP contribution >= 0.6 is 11.3 Å². The highest BCUT2D eigenvalue weighted by atomic mass is 32.1. The topological polar surface area (TPSA) is 76.3 Å². The van der Waals surface area contributed by atoms with Gasteiger partial charge in [0.1, 0.15) is 0 Å². The van der Waals surface area contributed by atoms with E-state index in [4.69, 9.17) is 5.73 Å². The summed E-state index contributed by atoms with van der Waals surface area (Å²) in [4.78, 5) is 29.6. The van der Waals surface area contributed by atoms with Gasteiger partial charge in [-0.25, -0.2) is 4.98 Å². The molecule has 0 unspecified atom stereocenters. The first-order valence-corrected chi connectivity index (χ1v) is 7.86. The number of carbonyl (C=O) groups excluding carboxylic acids is 2. The zero-order chi connectivity index (χ0) is 14.7. The van der Waals surface area contributed by atoms with Crippen molar-refractivity contribution in [1.82, 2.24) is 9.88 Å². The third kappa shape index (κ3) is 3.56. The van der Waals surface area contributed by atoms with E-state index < -0.39 is 0 Å². The lowest BCUT2D eigenvalue weighted by molar-refractivity contribution is -0.134. The van der Waals surface area contributed by atoms with E-state index >= 15 is 0 Å². The number of hydrogen-bond acceptors (Lipinski definition) is 4. The lowest BCUT2D eigenvalue weighted by atomic mass is 9.96. The van der Waals surface area contributed by atoms with Gasteiger partial charge in [-0.1, -0.05) is 13.8 Å². The molecule has 2 rings (SSSR count). The van der Waals surface area contributed by atoms with Crippen molar-refractivity contribution in [3.05, 3.63) is 16.1 Å². The SMILES string of the molecule is CC(C)c1nc(CC(=O)N2CCC(C(N)=O)CC2)cs1. The predicted molar refractivity (Wildman–Crippen MR) is 78.4 cm³/mol. The fraction of sp³-hybridized carbons (Fsp3) is 0.643. The number of aromatic nitrogens is 1. The highest BCUT2D eigenvalue weighted by Gasteiger charge is 2.26. The molecule has 1 aliphatic rings. The number of nitrogens with two attached hydrogens (primary N) is 1. The number of likely N-dealkylation sites (tertiary alicyclic amines) is 1. The van der Waals surface area contributed by atoms with Crippen LogP contribution in [0.4, 0.5) is 0 Å². The summed E-state index contributed by atoms with van der Waals surface area (Å²) in [6.45, 7) is 5.43. The molecule has 5 nitrogen and oxygen atoms in total. The summed E-state index contributed by atoms with van der Waals surface area (Å²) >= 11 is 1.61. The number of amides is 2. The largest absolute Gasteiger partial charge is 0.369 e. The van der Waals surface area contributed by atoms with Crippen LogP contribution in [0, 0.1) is 5.92 Å². The van der Waals surface area contributed by atoms with E-state index in [1.54, 1.807) is 11.3 Å². The molecule has 1 aliphatic heterocycles. The maximum absolute atomic E-state index is 12.2. The van der Waals surface area contributed by atoms with Crippen molar-refractivity contribution in [1.29, 1.82) is 0 Å². The fourth-order valence-electron chi connectivity index (χ4n) is 2.35. The Morgan fingerprint density at radius 1 is 1.45 bits per heavy atom. The highest BCUT2D eigenvalue weighted by Crippen LogP contribution is 2.21. The Balaban J connectivity index is 1.87. The summed E-state index contributed by atoms with van der Waals surface area (Å²) < 4.78 is 0. The van der Waals surface area contributed by atoms with Crippen LogP contribution in [0.25, 0.3) is 0 Å². The molecule has 2 N–H and O–H groups in total. The van der Waals surface area contributed by atoms with Gasteiger partial charge in [0, 0.05) is 30.3 Å². The van der Waals surface area contributed by atoms with Gasteiger partial charge < -0.3 is 10.6 Å². The summed E-state index contributed by atoms with van der Waals surface area (Å²) in [5, 5.41) is 3.03. The first-order chi connectivity index (χ1) is 9.47. The molecular weight excluding hydrogens is 274 g/mol. The first kappa shape index (κ1) is 15.0.